The Morgan fingerprint density at radius 1 is 1.03 bits per heavy atom. The number of piperidine rings is 1. The Balaban J connectivity index is 1.43. The van der Waals surface area contributed by atoms with Crippen LogP contribution in [0.5, 0.6) is 0 Å². The van der Waals surface area contributed by atoms with Crippen molar-refractivity contribution in [2.75, 3.05) is 18.4 Å². The number of nitrogens with zero attached hydrogens (tertiary/aromatic N) is 3. The van der Waals surface area contributed by atoms with E-state index in [4.69, 9.17) is 16.0 Å². The molecule has 0 unspecified atom stereocenters. The van der Waals surface area contributed by atoms with Gasteiger partial charge in [0.05, 0.1) is 4.90 Å². The number of hydrogen-bond acceptors (Lipinski definition) is 6. The summed E-state index contributed by atoms with van der Waals surface area (Å²) < 4.78 is 58.4. The molecule has 0 radical (unpaired) electrons. The highest BCUT2D eigenvalue weighted by Crippen LogP contribution is 2.30. The van der Waals surface area contributed by atoms with Crippen LogP contribution in [-0.2, 0) is 10.0 Å². The molecular formula is C20H17ClF2N4O4S. The van der Waals surface area contributed by atoms with E-state index in [2.05, 4.69) is 15.5 Å². The van der Waals surface area contributed by atoms with Crippen molar-refractivity contribution < 1.29 is 26.4 Å². The quantitative estimate of drug-likeness (QED) is 0.588. The lowest BCUT2D eigenvalue weighted by Crippen LogP contribution is -2.42. The summed E-state index contributed by atoms with van der Waals surface area (Å²) in [5.74, 6) is -3.25. The zero-order valence-electron chi connectivity index (χ0n) is 16.5. The third kappa shape index (κ3) is 4.79. The highest BCUT2D eigenvalue weighted by molar-refractivity contribution is 7.89. The van der Waals surface area contributed by atoms with Gasteiger partial charge in [-0.2, -0.15) is 4.31 Å². The number of halogens is 3. The van der Waals surface area contributed by atoms with Crippen LogP contribution in [0.4, 0.5) is 14.8 Å². The molecular weight excluding hydrogens is 466 g/mol. The lowest BCUT2D eigenvalue weighted by molar-refractivity contribution is -0.0412. The molecule has 1 aliphatic heterocycles. The molecule has 168 valence electrons. The summed E-state index contributed by atoms with van der Waals surface area (Å²) in [6, 6.07) is 11.7. The fourth-order valence-corrected chi connectivity index (χ4v) is 4.70. The van der Waals surface area contributed by atoms with Crippen molar-refractivity contribution in [3.63, 3.8) is 0 Å². The van der Waals surface area contributed by atoms with Gasteiger partial charge >= 0.3 is 6.01 Å². The monoisotopic (exact) mass is 482 g/mol. The van der Waals surface area contributed by atoms with E-state index in [9.17, 15) is 22.0 Å². The van der Waals surface area contributed by atoms with Crippen LogP contribution in [0.25, 0.3) is 11.5 Å². The van der Waals surface area contributed by atoms with Crippen LogP contribution in [0, 0.1) is 0 Å². The average molecular weight is 483 g/mol. The first-order valence-electron chi connectivity index (χ1n) is 9.53. The van der Waals surface area contributed by atoms with Gasteiger partial charge < -0.3 is 4.42 Å². The van der Waals surface area contributed by atoms with E-state index in [1.54, 1.807) is 24.3 Å². The number of aromatic nitrogens is 2. The second-order valence-corrected chi connectivity index (χ2v) is 9.53. The minimum Gasteiger partial charge on any atom is -0.403 e. The first kappa shape index (κ1) is 22.3. The molecule has 2 aromatic carbocycles. The molecule has 0 atom stereocenters. The first-order valence-corrected chi connectivity index (χ1v) is 11.3. The summed E-state index contributed by atoms with van der Waals surface area (Å²) in [5, 5.41) is 10.6. The molecule has 1 fully saturated rings. The Morgan fingerprint density at radius 3 is 2.28 bits per heavy atom. The molecule has 0 bridgehead atoms. The summed E-state index contributed by atoms with van der Waals surface area (Å²) in [4.78, 5) is 12.4. The molecule has 8 nitrogen and oxygen atoms in total. The maximum atomic E-state index is 13.3. The van der Waals surface area contributed by atoms with E-state index in [0.29, 0.717) is 10.6 Å². The molecule has 3 aromatic rings. The molecule has 1 amide bonds. The topological polar surface area (TPSA) is 105 Å². The molecule has 1 aromatic heterocycles. The summed E-state index contributed by atoms with van der Waals surface area (Å²) >= 11 is 5.84. The number of carbonyl (C=O) groups is 1. The minimum absolute atomic E-state index is 0.0814. The maximum Gasteiger partial charge on any atom is 0.322 e. The van der Waals surface area contributed by atoms with Crippen LogP contribution in [0.3, 0.4) is 0 Å². The number of nitrogens with one attached hydrogen (secondary N) is 1. The number of rotatable bonds is 5. The molecule has 12 heteroatoms. The summed E-state index contributed by atoms with van der Waals surface area (Å²) in [5.41, 5.74) is 0.771. The van der Waals surface area contributed by atoms with E-state index in [1.807, 2.05) is 0 Å². The zero-order valence-corrected chi connectivity index (χ0v) is 18.0. The van der Waals surface area contributed by atoms with Crippen molar-refractivity contribution in [2.24, 2.45) is 0 Å². The third-order valence-corrected chi connectivity index (χ3v) is 7.11. The van der Waals surface area contributed by atoms with Gasteiger partial charge in [-0.3, -0.25) is 10.1 Å². The summed E-state index contributed by atoms with van der Waals surface area (Å²) in [6.45, 7) is -0.518. The van der Waals surface area contributed by atoms with Crippen molar-refractivity contribution in [3.8, 4) is 11.5 Å². The maximum absolute atomic E-state index is 13.3. The van der Waals surface area contributed by atoms with Crippen LogP contribution in [0.1, 0.15) is 23.2 Å². The van der Waals surface area contributed by atoms with Gasteiger partial charge in [-0.25, -0.2) is 17.2 Å². The normalized spacial score (nSPS) is 16.6. The second-order valence-electron chi connectivity index (χ2n) is 7.16. The lowest BCUT2D eigenvalue weighted by Gasteiger charge is -2.30. The van der Waals surface area contributed by atoms with Crippen molar-refractivity contribution in [1.82, 2.24) is 14.5 Å². The average Bonchev–Trinajstić information content (AvgIpc) is 3.22. The SMILES string of the molecule is O=C(Nc1nnc(-c2ccc(Cl)cc2)o1)c1ccc(S(=O)(=O)N2CCC(F)(F)CC2)cc1. The van der Waals surface area contributed by atoms with Gasteiger partial charge in [0.1, 0.15) is 0 Å². The van der Waals surface area contributed by atoms with Crippen LogP contribution in [-0.4, -0.2) is 47.8 Å². The number of hydrogen-bond donors (Lipinski definition) is 1. The van der Waals surface area contributed by atoms with Crippen LogP contribution >= 0.6 is 11.6 Å². The zero-order chi connectivity index (χ0) is 22.9. The molecule has 1 saturated heterocycles. The second kappa shape index (κ2) is 8.57. The number of carbonyl (C=O) groups excluding carboxylic acids is 1. The Labute approximate surface area is 187 Å². The van der Waals surface area contributed by atoms with Crippen molar-refractivity contribution in [2.45, 2.75) is 23.7 Å². The van der Waals surface area contributed by atoms with Gasteiger partial charge in [0, 0.05) is 42.1 Å². The third-order valence-electron chi connectivity index (χ3n) is 4.94. The smallest absolute Gasteiger partial charge is 0.322 e. The Kier molecular flexibility index (Phi) is 5.97. The van der Waals surface area contributed by atoms with E-state index >= 15 is 0 Å². The molecule has 4 rings (SSSR count). The molecule has 0 aliphatic carbocycles. The lowest BCUT2D eigenvalue weighted by atomic mass is 10.1. The number of anilines is 1. The standard InChI is InChI=1S/C20H17ClF2N4O4S/c21-15-5-1-14(2-6-15)18-25-26-19(31-18)24-17(28)13-3-7-16(8-4-13)32(29,30)27-11-9-20(22,23)10-12-27/h1-8H,9-12H2,(H,24,26,28). The molecule has 0 spiro atoms. The molecule has 32 heavy (non-hydrogen) atoms. The van der Waals surface area contributed by atoms with Gasteiger partial charge in [0.2, 0.25) is 15.9 Å². The summed E-state index contributed by atoms with van der Waals surface area (Å²) in [7, 11) is -3.93. The van der Waals surface area contributed by atoms with Gasteiger partial charge in [-0.05, 0) is 48.5 Å². The molecule has 0 saturated carbocycles. The number of amides is 1. The number of benzene rings is 2. The van der Waals surface area contributed by atoms with E-state index in [1.165, 1.54) is 24.3 Å². The van der Waals surface area contributed by atoms with Crippen molar-refractivity contribution in [3.05, 3.63) is 59.1 Å². The van der Waals surface area contributed by atoms with Crippen LogP contribution < -0.4 is 5.32 Å². The van der Waals surface area contributed by atoms with E-state index in [-0.39, 0.29) is 35.5 Å². The Morgan fingerprint density at radius 2 is 1.66 bits per heavy atom. The van der Waals surface area contributed by atoms with Gasteiger partial charge in [0.25, 0.3) is 11.8 Å². The number of alkyl halides is 2. The van der Waals surface area contributed by atoms with E-state index < -0.39 is 34.7 Å². The molecule has 1 aliphatic rings. The number of sulfonamides is 1. The summed E-state index contributed by atoms with van der Waals surface area (Å²) in [6.07, 6.45) is -1.04. The predicted molar refractivity (Wildman–Crippen MR) is 112 cm³/mol. The highest BCUT2D eigenvalue weighted by atomic mass is 35.5. The Hall–Kier alpha value is -2.89. The van der Waals surface area contributed by atoms with Gasteiger partial charge in [-0.15, -0.1) is 5.10 Å². The first-order chi connectivity index (χ1) is 15.1. The minimum atomic E-state index is -3.93. The fraction of sp³-hybridized carbons (Fsp3) is 0.250. The Bertz CT molecular complexity index is 1220. The largest absolute Gasteiger partial charge is 0.403 e. The van der Waals surface area contributed by atoms with Crippen molar-refractivity contribution in [1.29, 1.82) is 0 Å². The molecule has 2 heterocycles. The van der Waals surface area contributed by atoms with Gasteiger partial charge in [0.15, 0.2) is 0 Å². The predicted octanol–water partition coefficient (Wildman–Crippen LogP) is 4.06. The van der Waals surface area contributed by atoms with E-state index in [0.717, 1.165) is 4.31 Å². The fourth-order valence-electron chi connectivity index (χ4n) is 3.13. The highest BCUT2D eigenvalue weighted by Gasteiger charge is 2.38. The van der Waals surface area contributed by atoms with Crippen molar-refractivity contribution >= 4 is 33.5 Å². The van der Waals surface area contributed by atoms with Crippen LogP contribution in [0.2, 0.25) is 5.02 Å². The van der Waals surface area contributed by atoms with Crippen LogP contribution in [0.15, 0.2) is 57.8 Å². The molecule has 1 N–H and O–H groups in total. The van der Waals surface area contributed by atoms with Gasteiger partial charge in [-0.1, -0.05) is 16.7 Å².